The van der Waals surface area contributed by atoms with Crippen molar-refractivity contribution in [2.24, 2.45) is 5.92 Å². The van der Waals surface area contributed by atoms with Crippen LogP contribution in [0.25, 0.3) is 44.3 Å². The maximum absolute atomic E-state index is 14.0. The van der Waals surface area contributed by atoms with Crippen LogP contribution in [0.2, 0.25) is 0 Å². The standard InChI is InChI=1S/C17H21NO3.2C15H13FO2.C15H14O3.C13H8F2O3.C13H18O2/c1-3-11-6-5-7-12-13-8-9-21-17(4-2,10-14(19)20)16(13)18-15(11)12;2*1-10(15(17)18)12-7-8-13(14(16)9-12)11-5-3-2-4-6-11;1-11(15(16)17)12-6-5-9-14(10-12)18-13-7-3-2-4-8-13;14-8-2-3-9(11(15)6-8)7-1-4-12(16)10(5-7)13(17)18;1-9(2)8-11-4-6-12(7-5-11)10(3)13(14)15/h5-7,18H,3-4,8-10H2,1-2H3,(H,19,20);2*2-10H,1H3,(H,17,18);2-11H,1H3,(H,16,17);1-6,16H,(H,17,18);4-7,9-10H,8H2,1-3H3,(H,14,15). The van der Waals surface area contributed by atoms with E-state index in [-0.39, 0.29) is 23.1 Å². The Morgan fingerprint density at radius 3 is 1.42 bits per heavy atom. The van der Waals surface area contributed by atoms with Gasteiger partial charge in [0.15, 0.2) is 0 Å². The second kappa shape index (κ2) is 39.3. The molecule has 10 aromatic carbocycles. The Morgan fingerprint density at radius 2 is 0.944 bits per heavy atom. The molecule has 0 saturated heterocycles. The molecule has 12 rings (SSSR count). The number of fused-ring (bicyclic) bond motifs is 3. The van der Waals surface area contributed by atoms with Crippen molar-refractivity contribution in [1.82, 2.24) is 4.98 Å². The molecule has 11 aromatic rings. The van der Waals surface area contributed by atoms with Gasteiger partial charge in [-0.25, -0.2) is 22.4 Å². The van der Waals surface area contributed by atoms with Crippen molar-refractivity contribution in [1.29, 1.82) is 0 Å². The summed E-state index contributed by atoms with van der Waals surface area (Å²) >= 11 is 0. The van der Waals surface area contributed by atoms with Crippen LogP contribution >= 0.6 is 0 Å². The number of para-hydroxylation sites is 2. The summed E-state index contributed by atoms with van der Waals surface area (Å²) < 4.78 is 65.8. The Bertz CT molecular complexity index is 4770. The average molecular weight is 1470 g/mol. The first-order chi connectivity index (χ1) is 51.4. The fourth-order valence-electron chi connectivity index (χ4n) is 11.8. The van der Waals surface area contributed by atoms with Gasteiger partial charge in [0.1, 0.15) is 51.7 Å². The van der Waals surface area contributed by atoms with Crippen LogP contribution in [0, 0.1) is 29.2 Å². The number of aryl methyl sites for hydroxylation is 1. The lowest BCUT2D eigenvalue weighted by Crippen LogP contribution is -2.37. The summed E-state index contributed by atoms with van der Waals surface area (Å²) in [6.45, 7) is 15.5. The molecule has 1 aromatic heterocycles. The van der Waals surface area contributed by atoms with E-state index in [4.69, 9.17) is 35.0 Å². The number of aromatic carboxylic acids is 1. The first kappa shape index (κ1) is 83.1. The van der Waals surface area contributed by atoms with Gasteiger partial charge < -0.3 is 50.2 Å². The molecule has 16 nitrogen and oxygen atoms in total. The molecule has 0 aliphatic carbocycles. The van der Waals surface area contributed by atoms with E-state index < -0.39 is 94.1 Å². The number of carboxylic acid groups (broad SMARTS) is 6. The highest BCUT2D eigenvalue weighted by Gasteiger charge is 2.41. The van der Waals surface area contributed by atoms with Gasteiger partial charge in [-0.1, -0.05) is 191 Å². The van der Waals surface area contributed by atoms with E-state index in [0.717, 1.165) is 76.7 Å². The summed E-state index contributed by atoms with van der Waals surface area (Å²) in [4.78, 5) is 69.0. The molecule has 0 radical (unpaired) electrons. The lowest BCUT2D eigenvalue weighted by atomic mass is 9.86. The predicted octanol–water partition coefficient (Wildman–Crippen LogP) is 20.5. The predicted molar refractivity (Wildman–Crippen MR) is 408 cm³/mol. The SMILES string of the molecule is CC(C(=O)O)c1ccc(-c2ccccc2)c(F)c1.CC(C(=O)O)c1ccc(-c2ccccc2)c(F)c1.CC(C(=O)O)c1cccc(Oc2ccccc2)c1.CC(C)Cc1ccc(C(C)C(=O)O)cc1.CCc1cccc2c3c([nH]c12)C(CC)(CC(=O)O)OCC3.O=C(O)c1cc(-c2ccc(F)cc2F)ccc1O. The number of H-pyrrole nitrogens is 1. The van der Waals surface area contributed by atoms with E-state index in [1.54, 1.807) is 70.2 Å². The molecule has 108 heavy (non-hydrogen) atoms. The van der Waals surface area contributed by atoms with Gasteiger partial charge in [0.2, 0.25) is 0 Å². The Balaban J connectivity index is 0.000000181. The summed E-state index contributed by atoms with van der Waals surface area (Å²) in [6.07, 6.45) is 3.49. The Hall–Kier alpha value is -12.2. The van der Waals surface area contributed by atoms with Crippen LogP contribution in [-0.4, -0.2) is 83.2 Å². The first-order valence-corrected chi connectivity index (χ1v) is 35.0. The molecule has 0 bridgehead atoms. The second-order valence-electron chi connectivity index (χ2n) is 26.1. The van der Waals surface area contributed by atoms with E-state index in [9.17, 15) is 56.5 Å². The van der Waals surface area contributed by atoms with Crippen molar-refractivity contribution in [2.45, 2.75) is 117 Å². The van der Waals surface area contributed by atoms with E-state index in [1.165, 1.54) is 46.3 Å². The van der Waals surface area contributed by atoms with Crippen LogP contribution in [0.4, 0.5) is 17.6 Å². The molecular weight excluding hydrogens is 1390 g/mol. The van der Waals surface area contributed by atoms with Gasteiger partial charge in [0, 0.05) is 33.7 Å². The summed E-state index contributed by atoms with van der Waals surface area (Å²) in [5.41, 5.74) is 10.2. The number of aliphatic carboxylic acids is 5. The van der Waals surface area contributed by atoms with Crippen molar-refractivity contribution >= 4 is 46.7 Å². The highest BCUT2D eigenvalue weighted by Crippen LogP contribution is 2.42. The largest absolute Gasteiger partial charge is 0.507 e. The molecule has 8 N–H and O–H groups in total. The van der Waals surface area contributed by atoms with Crippen LogP contribution in [0.3, 0.4) is 0 Å². The van der Waals surface area contributed by atoms with Crippen molar-refractivity contribution < 1.29 is 91.5 Å². The minimum Gasteiger partial charge on any atom is -0.507 e. The number of aromatic hydroxyl groups is 1. The van der Waals surface area contributed by atoms with Gasteiger partial charge in [-0.2, -0.15) is 0 Å². The zero-order valence-electron chi connectivity index (χ0n) is 61.0. The van der Waals surface area contributed by atoms with Crippen LogP contribution < -0.4 is 4.74 Å². The zero-order valence-corrected chi connectivity index (χ0v) is 61.0. The fourth-order valence-corrected chi connectivity index (χ4v) is 11.8. The first-order valence-electron chi connectivity index (χ1n) is 35.0. The Kier molecular flexibility index (Phi) is 30.2. The monoisotopic (exact) mass is 1470 g/mol. The number of hydrogen-bond acceptors (Lipinski definition) is 9. The maximum Gasteiger partial charge on any atom is 0.339 e. The molecule has 0 saturated carbocycles. The lowest BCUT2D eigenvalue weighted by Gasteiger charge is -2.35. The molecule has 2 heterocycles. The number of rotatable bonds is 20. The number of aromatic amines is 1. The molecule has 20 heteroatoms. The molecule has 1 aliphatic rings. The number of ether oxygens (including phenoxy) is 2. The summed E-state index contributed by atoms with van der Waals surface area (Å²) in [5, 5.41) is 64.3. The minimum atomic E-state index is -1.32. The smallest absolute Gasteiger partial charge is 0.339 e. The van der Waals surface area contributed by atoms with Gasteiger partial charge in [-0.3, -0.25) is 24.0 Å². The van der Waals surface area contributed by atoms with E-state index in [1.807, 2.05) is 128 Å². The highest BCUT2D eigenvalue weighted by atomic mass is 19.1. The number of benzene rings is 10. The van der Waals surface area contributed by atoms with Gasteiger partial charge in [-0.05, 0) is 176 Å². The quantitative estimate of drug-likeness (QED) is 0.0329. The molecular formula is C88H87F4NO15. The van der Waals surface area contributed by atoms with Crippen molar-refractivity contribution in [2.75, 3.05) is 6.61 Å². The second-order valence-corrected chi connectivity index (χ2v) is 26.1. The van der Waals surface area contributed by atoms with E-state index in [0.29, 0.717) is 53.0 Å². The van der Waals surface area contributed by atoms with Gasteiger partial charge in [-0.15, -0.1) is 0 Å². The number of halogens is 4. The minimum absolute atomic E-state index is 0.00474. The van der Waals surface area contributed by atoms with Crippen molar-refractivity contribution in [3.63, 3.8) is 0 Å². The van der Waals surface area contributed by atoms with Crippen LogP contribution in [0.5, 0.6) is 17.2 Å². The van der Waals surface area contributed by atoms with E-state index in [2.05, 4.69) is 44.0 Å². The molecule has 0 fully saturated rings. The summed E-state index contributed by atoms with van der Waals surface area (Å²) in [7, 11) is 0. The van der Waals surface area contributed by atoms with Gasteiger partial charge >= 0.3 is 35.8 Å². The molecule has 0 spiro atoms. The molecule has 562 valence electrons. The summed E-state index contributed by atoms with van der Waals surface area (Å²) in [6, 6.07) is 64.9. The number of aromatic nitrogens is 1. The molecule has 5 atom stereocenters. The molecule has 5 unspecified atom stereocenters. The third-order valence-corrected chi connectivity index (χ3v) is 18.2. The van der Waals surface area contributed by atoms with E-state index >= 15 is 0 Å². The normalized spacial score (nSPS) is 13.7. The Morgan fingerprint density at radius 1 is 0.481 bits per heavy atom. The number of hydrogen-bond donors (Lipinski definition) is 8. The van der Waals surface area contributed by atoms with Crippen molar-refractivity contribution in [3.05, 3.63) is 304 Å². The Labute approximate surface area is 624 Å². The molecule has 0 amide bonds. The average Bonchev–Trinajstić information content (AvgIpc) is 1.59. The summed E-state index contributed by atoms with van der Waals surface area (Å²) in [5.74, 6) is -8.73. The third-order valence-electron chi connectivity index (χ3n) is 18.2. The highest BCUT2D eigenvalue weighted by molar-refractivity contribution is 5.93. The lowest BCUT2D eigenvalue weighted by molar-refractivity contribution is -0.149. The topological polar surface area (TPSA) is 278 Å². The number of phenols is 1. The van der Waals surface area contributed by atoms with Crippen LogP contribution in [-0.2, 0) is 53.6 Å². The number of nitrogens with one attached hydrogen (secondary N) is 1. The number of carbonyl (C=O) groups is 6. The number of carboxylic acids is 6. The maximum atomic E-state index is 14.0. The van der Waals surface area contributed by atoms with Crippen molar-refractivity contribution in [3.8, 4) is 50.6 Å². The van der Waals surface area contributed by atoms with Crippen LogP contribution in [0.15, 0.2) is 231 Å². The fraction of sp³-hybridized carbons (Fsp3) is 0.227. The molecule has 1 aliphatic heterocycles. The van der Waals surface area contributed by atoms with Crippen LogP contribution in [0.1, 0.15) is 147 Å². The third kappa shape index (κ3) is 22.7. The van der Waals surface area contributed by atoms with Gasteiger partial charge in [0.05, 0.1) is 42.4 Å². The van der Waals surface area contributed by atoms with Gasteiger partial charge in [0.25, 0.3) is 0 Å². The zero-order chi connectivity index (χ0) is 78.9.